The lowest BCUT2D eigenvalue weighted by molar-refractivity contribution is -0.124. The van der Waals surface area contributed by atoms with Gasteiger partial charge in [-0.05, 0) is 54.1 Å². The van der Waals surface area contributed by atoms with Crippen molar-refractivity contribution >= 4 is 57.6 Å². The Labute approximate surface area is 198 Å². The molecule has 0 aliphatic carbocycles. The topological polar surface area (TPSA) is 102 Å². The number of amides is 3. The van der Waals surface area contributed by atoms with Crippen LogP contribution in [0.2, 0.25) is 5.02 Å². The van der Waals surface area contributed by atoms with E-state index >= 15 is 0 Å². The van der Waals surface area contributed by atoms with Crippen molar-refractivity contribution < 1.29 is 18.8 Å². The van der Waals surface area contributed by atoms with Crippen LogP contribution in [-0.2, 0) is 16.1 Å². The second-order valence-corrected chi connectivity index (χ2v) is 8.76. The van der Waals surface area contributed by atoms with E-state index in [1.807, 2.05) is 6.07 Å². The molecule has 0 bridgehead atoms. The number of carbonyl (C=O) groups is 3. The highest BCUT2D eigenvalue weighted by atomic mass is 35.5. The van der Waals surface area contributed by atoms with E-state index in [-0.39, 0.29) is 36.6 Å². The van der Waals surface area contributed by atoms with Gasteiger partial charge in [-0.2, -0.15) is 0 Å². The van der Waals surface area contributed by atoms with Gasteiger partial charge in [0.2, 0.25) is 5.91 Å². The quantitative estimate of drug-likeness (QED) is 0.486. The third-order valence-electron chi connectivity index (χ3n) is 5.06. The Bertz CT molecular complexity index is 1300. The van der Waals surface area contributed by atoms with Gasteiger partial charge in [-0.25, -0.2) is 4.79 Å². The Morgan fingerprint density at radius 2 is 1.82 bits per heavy atom. The predicted molar refractivity (Wildman–Crippen MR) is 127 cm³/mol. The summed E-state index contributed by atoms with van der Waals surface area (Å²) < 4.78 is 6.67. The number of nitrogens with one attached hydrogen (secondary N) is 1. The molecule has 170 valence electrons. The van der Waals surface area contributed by atoms with E-state index < -0.39 is 5.76 Å². The standard InChI is InChI=1S/C23H20ClN3O5S/c24-16-9-7-15(8-10-16)14-19-21(29)27(23(31)33-19)13-11-25-20(28)6-3-12-26-17-4-1-2-5-18(17)32-22(26)30/h1-2,4-5,7-10,14H,3,6,11-13H2,(H,25,28)/b19-14-. The number of imide groups is 1. The van der Waals surface area contributed by atoms with Gasteiger partial charge >= 0.3 is 5.76 Å². The summed E-state index contributed by atoms with van der Waals surface area (Å²) in [6, 6.07) is 14.0. The first kappa shape index (κ1) is 22.9. The van der Waals surface area contributed by atoms with Gasteiger partial charge in [-0.15, -0.1) is 0 Å². The lowest BCUT2D eigenvalue weighted by Gasteiger charge is -2.13. The predicted octanol–water partition coefficient (Wildman–Crippen LogP) is 3.88. The molecule has 1 saturated heterocycles. The molecule has 0 unspecified atom stereocenters. The van der Waals surface area contributed by atoms with E-state index in [4.69, 9.17) is 16.0 Å². The van der Waals surface area contributed by atoms with Crippen LogP contribution < -0.4 is 11.1 Å². The van der Waals surface area contributed by atoms with Gasteiger partial charge in [0.25, 0.3) is 11.1 Å². The van der Waals surface area contributed by atoms with Crippen LogP contribution in [0.5, 0.6) is 0 Å². The van der Waals surface area contributed by atoms with Gasteiger partial charge in [-0.3, -0.25) is 23.9 Å². The normalized spacial score (nSPS) is 15.1. The van der Waals surface area contributed by atoms with Gasteiger partial charge in [0.1, 0.15) is 0 Å². The van der Waals surface area contributed by atoms with Crippen LogP contribution in [0.25, 0.3) is 17.2 Å². The van der Waals surface area contributed by atoms with Crippen LogP contribution >= 0.6 is 23.4 Å². The third kappa shape index (κ3) is 5.37. The SMILES string of the molecule is O=C(CCCn1c(=O)oc2ccccc21)NCCN1C(=O)S/C(=C\c2ccc(Cl)cc2)C1=O. The third-order valence-corrected chi connectivity index (χ3v) is 6.22. The summed E-state index contributed by atoms with van der Waals surface area (Å²) in [5.41, 5.74) is 1.96. The number of aromatic nitrogens is 1. The fourth-order valence-electron chi connectivity index (χ4n) is 3.42. The maximum absolute atomic E-state index is 12.5. The van der Waals surface area contributed by atoms with Crippen LogP contribution in [-0.4, -0.2) is 39.6 Å². The van der Waals surface area contributed by atoms with Crippen molar-refractivity contribution in [2.24, 2.45) is 0 Å². The Morgan fingerprint density at radius 1 is 1.06 bits per heavy atom. The van der Waals surface area contributed by atoms with Crippen LogP contribution in [0.4, 0.5) is 4.79 Å². The summed E-state index contributed by atoms with van der Waals surface area (Å²) in [7, 11) is 0. The van der Waals surface area contributed by atoms with E-state index in [0.29, 0.717) is 34.0 Å². The number of oxazole rings is 1. The van der Waals surface area contributed by atoms with E-state index in [9.17, 15) is 19.2 Å². The summed E-state index contributed by atoms with van der Waals surface area (Å²) in [6.45, 7) is 0.585. The van der Waals surface area contributed by atoms with Crippen molar-refractivity contribution in [1.29, 1.82) is 0 Å². The Kier molecular flexibility index (Phi) is 7.00. The molecule has 8 nitrogen and oxygen atoms in total. The maximum Gasteiger partial charge on any atom is 0.419 e. The summed E-state index contributed by atoms with van der Waals surface area (Å²) in [5.74, 6) is -1.07. The number of thioether (sulfide) groups is 1. The summed E-state index contributed by atoms with van der Waals surface area (Å²) in [5, 5.41) is 2.92. The van der Waals surface area contributed by atoms with Crippen molar-refractivity contribution in [3.8, 4) is 0 Å². The molecule has 0 radical (unpaired) electrons. The minimum Gasteiger partial charge on any atom is -0.408 e. The summed E-state index contributed by atoms with van der Waals surface area (Å²) in [6.07, 6.45) is 2.28. The highest BCUT2D eigenvalue weighted by Gasteiger charge is 2.34. The first-order valence-electron chi connectivity index (χ1n) is 10.3. The molecule has 2 aromatic carbocycles. The minimum atomic E-state index is -0.456. The number of hydrogen-bond donors (Lipinski definition) is 1. The fraction of sp³-hybridized carbons (Fsp3) is 0.217. The van der Waals surface area contributed by atoms with Crippen LogP contribution in [0.1, 0.15) is 18.4 Å². The molecule has 1 aromatic heterocycles. The molecule has 1 N–H and O–H groups in total. The van der Waals surface area contributed by atoms with Crippen molar-refractivity contribution in [3.05, 3.63) is 74.6 Å². The molecule has 3 aromatic rings. The molecule has 1 aliphatic rings. The average molecular weight is 486 g/mol. The van der Waals surface area contributed by atoms with E-state index in [1.165, 1.54) is 4.57 Å². The van der Waals surface area contributed by atoms with Gasteiger partial charge in [0, 0.05) is 31.1 Å². The summed E-state index contributed by atoms with van der Waals surface area (Å²) >= 11 is 6.73. The van der Waals surface area contributed by atoms with Crippen LogP contribution in [0.15, 0.2) is 62.6 Å². The Balaban J connectivity index is 1.24. The second kappa shape index (κ2) is 10.1. The van der Waals surface area contributed by atoms with E-state index in [2.05, 4.69) is 5.32 Å². The molecular formula is C23H20ClN3O5S. The zero-order valence-corrected chi connectivity index (χ0v) is 19.0. The number of carbonyl (C=O) groups excluding carboxylic acids is 3. The molecule has 4 rings (SSSR count). The molecule has 1 fully saturated rings. The average Bonchev–Trinajstić information content (AvgIpc) is 3.25. The zero-order valence-electron chi connectivity index (χ0n) is 17.5. The van der Waals surface area contributed by atoms with Crippen LogP contribution in [0, 0.1) is 0 Å². The minimum absolute atomic E-state index is 0.0835. The highest BCUT2D eigenvalue weighted by Crippen LogP contribution is 2.32. The molecule has 0 saturated carbocycles. The van der Waals surface area contributed by atoms with Crippen molar-refractivity contribution in [2.45, 2.75) is 19.4 Å². The fourth-order valence-corrected chi connectivity index (χ4v) is 4.41. The monoisotopic (exact) mass is 485 g/mol. The van der Waals surface area contributed by atoms with Gasteiger partial charge in [0.15, 0.2) is 5.58 Å². The number of halogens is 1. The molecule has 33 heavy (non-hydrogen) atoms. The zero-order chi connectivity index (χ0) is 23.4. The number of benzene rings is 2. The molecule has 3 amide bonds. The highest BCUT2D eigenvalue weighted by molar-refractivity contribution is 8.18. The first-order valence-corrected chi connectivity index (χ1v) is 11.5. The Morgan fingerprint density at radius 3 is 2.61 bits per heavy atom. The maximum atomic E-state index is 12.5. The van der Waals surface area contributed by atoms with Gasteiger partial charge in [-0.1, -0.05) is 35.9 Å². The van der Waals surface area contributed by atoms with Crippen molar-refractivity contribution in [3.63, 3.8) is 0 Å². The molecule has 0 atom stereocenters. The van der Waals surface area contributed by atoms with E-state index in [1.54, 1.807) is 48.5 Å². The molecule has 10 heteroatoms. The lowest BCUT2D eigenvalue weighted by atomic mass is 10.2. The number of rotatable bonds is 8. The lowest BCUT2D eigenvalue weighted by Crippen LogP contribution is -2.37. The Hall–Kier alpha value is -3.30. The first-order chi connectivity index (χ1) is 15.9. The van der Waals surface area contributed by atoms with Crippen molar-refractivity contribution in [2.75, 3.05) is 13.1 Å². The van der Waals surface area contributed by atoms with Crippen LogP contribution in [0.3, 0.4) is 0 Å². The number of nitrogens with zero attached hydrogens (tertiary/aromatic N) is 2. The van der Waals surface area contributed by atoms with Gasteiger partial charge < -0.3 is 9.73 Å². The summed E-state index contributed by atoms with van der Waals surface area (Å²) in [4.78, 5) is 50.3. The number of hydrogen-bond acceptors (Lipinski definition) is 6. The molecule has 0 spiro atoms. The smallest absolute Gasteiger partial charge is 0.408 e. The number of aryl methyl sites for hydroxylation is 1. The number of para-hydroxylation sites is 2. The molecule has 1 aliphatic heterocycles. The second-order valence-electron chi connectivity index (χ2n) is 7.33. The molecule has 2 heterocycles. The van der Waals surface area contributed by atoms with E-state index in [0.717, 1.165) is 22.2 Å². The molecular weight excluding hydrogens is 466 g/mol. The van der Waals surface area contributed by atoms with Gasteiger partial charge in [0.05, 0.1) is 10.4 Å². The largest absolute Gasteiger partial charge is 0.419 e. The number of fused-ring (bicyclic) bond motifs is 1. The van der Waals surface area contributed by atoms with Crippen molar-refractivity contribution in [1.82, 2.24) is 14.8 Å².